The van der Waals surface area contributed by atoms with Crippen LogP contribution in [0, 0.1) is 20.8 Å². The Morgan fingerprint density at radius 3 is 2.35 bits per heavy atom. The Balaban J connectivity index is 1.93. The van der Waals surface area contributed by atoms with Gasteiger partial charge in [0.05, 0.1) is 18.7 Å². The lowest BCUT2D eigenvalue weighted by Crippen LogP contribution is -2.29. The molecule has 1 N–H and O–H groups in total. The number of Topliss-reactive ketones (excluding diaryl/α,β-unsaturated/α-hetero) is 1. The van der Waals surface area contributed by atoms with E-state index in [1.54, 1.807) is 38.3 Å². The van der Waals surface area contributed by atoms with E-state index < -0.39 is 17.7 Å². The molecule has 1 saturated heterocycles. The van der Waals surface area contributed by atoms with E-state index in [1.807, 2.05) is 38.1 Å². The lowest BCUT2D eigenvalue weighted by Gasteiger charge is -2.23. The van der Waals surface area contributed by atoms with Crippen molar-refractivity contribution in [3.63, 3.8) is 0 Å². The molecule has 1 aliphatic heterocycles. The number of aromatic nitrogens is 1. The molecule has 0 aliphatic carbocycles. The van der Waals surface area contributed by atoms with Crippen molar-refractivity contribution in [1.29, 1.82) is 0 Å². The molecule has 0 radical (unpaired) electrons. The van der Waals surface area contributed by atoms with Crippen LogP contribution in [0.15, 0.2) is 58.6 Å². The summed E-state index contributed by atoms with van der Waals surface area (Å²) in [4.78, 5) is 27.4. The summed E-state index contributed by atoms with van der Waals surface area (Å²) >= 11 is 0. The fourth-order valence-electron chi connectivity index (χ4n) is 3.78. The quantitative estimate of drug-likeness (QED) is 0.387. The van der Waals surface area contributed by atoms with E-state index in [9.17, 15) is 14.7 Å². The van der Waals surface area contributed by atoms with Crippen LogP contribution < -0.4 is 9.64 Å². The number of anilines is 1. The van der Waals surface area contributed by atoms with Gasteiger partial charge in [0, 0.05) is 11.6 Å². The number of hydrogen-bond donors (Lipinski definition) is 1. The number of carbonyl (C=O) groups excluding carboxylic acids is 2. The van der Waals surface area contributed by atoms with Crippen LogP contribution >= 0.6 is 0 Å². The van der Waals surface area contributed by atoms with Gasteiger partial charge in [-0.3, -0.25) is 14.5 Å². The average Bonchev–Trinajstić information content (AvgIpc) is 3.29. The van der Waals surface area contributed by atoms with Crippen molar-refractivity contribution < 1.29 is 24.0 Å². The second-order valence-electron chi connectivity index (χ2n) is 7.56. The predicted molar refractivity (Wildman–Crippen MR) is 115 cm³/mol. The fourth-order valence-corrected chi connectivity index (χ4v) is 3.78. The van der Waals surface area contributed by atoms with Crippen LogP contribution in [-0.2, 0) is 9.59 Å². The zero-order chi connectivity index (χ0) is 22.3. The highest BCUT2D eigenvalue weighted by Crippen LogP contribution is 2.42. The van der Waals surface area contributed by atoms with Crippen LogP contribution in [0.25, 0.3) is 5.76 Å². The molecule has 2 aromatic carbocycles. The van der Waals surface area contributed by atoms with Gasteiger partial charge in [0.25, 0.3) is 5.78 Å². The molecule has 4 rings (SSSR count). The largest absolute Gasteiger partial charge is 0.507 e. The number of methoxy groups -OCH3 is 1. The van der Waals surface area contributed by atoms with Crippen LogP contribution in [0.5, 0.6) is 5.75 Å². The van der Waals surface area contributed by atoms with E-state index in [-0.39, 0.29) is 17.2 Å². The fraction of sp³-hybridized carbons (Fsp3) is 0.208. The standard InChI is InChI=1S/C24H22N2O5/c1-13-5-7-16(8-6-13)21-20(22(27)17-9-10-18(30-4)14(2)11-17)23(28)24(29)26(21)19-12-15(3)31-25-19/h5-12,21,27H,1-4H3/t21-/m0/s1. The number of ether oxygens (including phenoxy) is 1. The molecule has 0 unspecified atom stereocenters. The van der Waals surface area contributed by atoms with Gasteiger partial charge in [0.2, 0.25) is 0 Å². The van der Waals surface area contributed by atoms with Crippen molar-refractivity contribution in [2.75, 3.05) is 12.0 Å². The van der Waals surface area contributed by atoms with Gasteiger partial charge < -0.3 is 14.4 Å². The SMILES string of the molecule is COc1ccc(C(O)=C2C(=O)C(=O)N(c3cc(C)on3)[C@H]2c2ccc(C)cc2)cc1C. The molecule has 1 fully saturated rings. The third-order valence-corrected chi connectivity index (χ3v) is 5.37. The maximum absolute atomic E-state index is 13.1. The van der Waals surface area contributed by atoms with E-state index in [0.29, 0.717) is 22.6 Å². The van der Waals surface area contributed by atoms with E-state index in [1.165, 1.54) is 4.90 Å². The molecule has 158 valence electrons. The third kappa shape index (κ3) is 3.48. The van der Waals surface area contributed by atoms with Crippen molar-refractivity contribution >= 4 is 23.3 Å². The van der Waals surface area contributed by atoms with Crippen LogP contribution in [0.3, 0.4) is 0 Å². The van der Waals surface area contributed by atoms with Crippen molar-refractivity contribution in [1.82, 2.24) is 5.16 Å². The van der Waals surface area contributed by atoms with Crippen molar-refractivity contribution in [2.24, 2.45) is 0 Å². The Labute approximate surface area is 179 Å². The summed E-state index contributed by atoms with van der Waals surface area (Å²) in [5, 5.41) is 15.1. The van der Waals surface area contributed by atoms with Gasteiger partial charge in [-0.05, 0) is 50.1 Å². The first-order valence-corrected chi connectivity index (χ1v) is 9.77. The summed E-state index contributed by atoms with van der Waals surface area (Å²) in [7, 11) is 1.56. The Hall–Kier alpha value is -3.87. The molecule has 7 nitrogen and oxygen atoms in total. The van der Waals surface area contributed by atoms with E-state index >= 15 is 0 Å². The third-order valence-electron chi connectivity index (χ3n) is 5.37. The smallest absolute Gasteiger partial charge is 0.301 e. The summed E-state index contributed by atoms with van der Waals surface area (Å²) in [5.74, 6) is -0.425. The van der Waals surface area contributed by atoms with Gasteiger partial charge in [0.1, 0.15) is 17.3 Å². The molecule has 1 aliphatic rings. The number of amides is 1. The predicted octanol–water partition coefficient (Wildman–Crippen LogP) is 4.23. The first-order chi connectivity index (χ1) is 14.8. The van der Waals surface area contributed by atoms with Gasteiger partial charge in [-0.15, -0.1) is 0 Å². The second kappa shape index (κ2) is 7.75. The monoisotopic (exact) mass is 418 g/mol. The Morgan fingerprint density at radius 1 is 1.06 bits per heavy atom. The van der Waals surface area contributed by atoms with Crippen molar-refractivity contribution in [3.05, 3.63) is 82.1 Å². The number of aliphatic hydroxyl groups is 1. The number of hydrogen-bond acceptors (Lipinski definition) is 6. The summed E-state index contributed by atoms with van der Waals surface area (Å²) in [5.41, 5.74) is 2.92. The van der Waals surface area contributed by atoms with Gasteiger partial charge in [-0.25, -0.2) is 0 Å². The van der Waals surface area contributed by atoms with E-state index in [4.69, 9.17) is 9.26 Å². The zero-order valence-corrected chi connectivity index (χ0v) is 17.7. The van der Waals surface area contributed by atoms with Gasteiger partial charge >= 0.3 is 5.91 Å². The van der Waals surface area contributed by atoms with Gasteiger partial charge in [0.15, 0.2) is 5.82 Å². The maximum Gasteiger partial charge on any atom is 0.301 e. The molecular formula is C24H22N2O5. The molecule has 2 heterocycles. The van der Waals surface area contributed by atoms with Crippen molar-refractivity contribution in [2.45, 2.75) is 26.8 Å². The van der Waals surface area contributed by atoms with Gasteiger partial charge in [-0.1, -0.05) is 35.0 Å². The number of ketones is 1. The summed E-state index contributed by atoms with van der Waals surface area (Å²) < 4.78 is 10.4. The zero-order valence-electron chi connectivity index (χ0n) is 17.7. The number of aryl methyl sites for hydroxylation is 3. The highest BCUT2D eigenvalue weighted by molar-refractivity contribution is 6.51. The van der Waals surface area contributed by atoms with Crippen molar-refractivity contribution in [3.8, 4) is 5.75 Å². The Kier molecular flexibility index (Phi) is 5.10. The van der Waals surface area contributed by atoms with Crippen LogP contribution in [0.1, 0.15) is 34.1 Å². The molecule has 1 atom stereocenters. The maximum atomic E-state index is 13.1. The number of nitrogens with zero attached hydrogens (tertiary/aromatic N) is 2. The number of rotatable bonds is 4. The minimum atomic E-state index is -0.840. The minimum Gasteiger partial charge on any atom is -0.507 e. The molecule has 3 aromatic rings. The Morgan fingerprint density at radius 2 is 1.77 bits per heavy atom. The minimum absolute atomic E-state index is 0.000858. The highest BCUT2D eigenvalue weighted by Gasteiger charge is 2.48. The number of carbonyl (C=O) groups is 2. The summed E-state index contributed by atoms with van der Waals surface area (Å²) in [6.45, 7) is 5.49. The second-order valence-corrected chi connectivity index (χ2v) is 7.56. The first kappa shape index (κ1) is 20.4. The lowest BCUT2D eigenvalue weighted by atomic mass is 9.94. The molecule has 1 aromatic heterocycles. The molecular weight excluding hydrogens is 396 g/mol. The van der Waals surface area contributed by atoms with Crippen LogP contribution in [-0.4, -0.2) is 29.1 Å². The summed E-state index contributed by atoms with van der Waals surface area (Å²) in [6, 6.07) is 13.3. The number of benzene rings is 2. The summed E-state index contributed by atoms with van der Waals surface area (Å²) in [6.07, 6.45) is 0. The number of aliphatic hydroxyl groups excluding tert-OH is 1. The highest BCUT2D eigenvalue weighted by atomic mass is 16.5. The molecule has 0 bridgehead atoms. The molecule has 0 saturated carbocycles. The van der Waals surface area contributed by atoms with Gasteiger partial charge in [-0.2, -0.15) is 0 Å². The molecule has 7 heteroatoms. The first-order valence-electron chi connectivity index (χ1n) is 9.77. The topological polar surface area (TPSA) is 92.9 Å². The molecule has 0 spiro atoms. The lowest BCUT2D eigenvalue weighted by molar-refractivity contribution is -0.132. The van der Waals surface area contributed by atoms with E-state index in [0.717, 1.165) is 11.1 Å². The Bertz CT molecular complexity index is 1210. The normalized spacial score (nSPS) is 17.9. The van der Waals surface area contributed by atoms with Crippen LogP contribution in [0.4, 0.5) is 5.82 Å². The molecule has 1 amide bonds. The average molecular weight is 418 g/mol. The van der Waals surface area contributed by atoms with Crippen LogP contribution in [0.2, 0.25) is 0 Å². The molecule has 31 heavy (non-hydrogen) atoms. The van der Waals surface area contributed by atoms with E-state index in [2.05, 4.69) is 5.16 Å².